The molecule has 0 saturated carbocycles. The summed E-state index contributed by atoms with van der Waals surface area (Å²) in [6.07, 6.45) is 2.73. The third kappa shape index (κ3) is 8.80. The molecule has 7 heteroatoms. The number of ether oxygens (including phenoxy) is 1. The van der Waals surface area contributed by atoms with Gasteiger partial charge in [0.25, 0.3) is 0 Å². The Labute approximate surface area is 194 Å². The van der Waals surface area contributed by atoms with Crippen molar-refractivity contribution in [1.82, 2.24) is 10.2 Å². The van der Waals surface area contributed by atoms with Crippen molar-refractivity contribution in [3.63, 3.8) is 0 Å². The minimum absolute atomic E-state index is 0.0900. The lowest BCUT2D eigenvalue weighted by atomic mass is 10.1. The highest BCUT2D eigenvalue weighted by Gasteiger charge is 2.25. The molecule has 0 radical (unpaired) electrons. The lowest BCUT2D eigenvalue weighted by Crippen LogP contribution is -2.47. The van der Waals surface area contributed by atoms with E-state index in [-0.39, 0.29) is 18.2 Å². The number of amides is 2. The van der Waals surface area contributed by atoms with E-state index in [1.165, 1.54) is 0 Å². The maximum atomic E-state index is 13.0. The summed E-state index contributed by atoms with van der Waals surface area (Å²) in [5.74, 6) is 0.472. The van der Waals surface area contributed by atoms with Gasteiger partial charge in [-0.3, -0.25) is 9.59 Å². The largest absolute Gasteiger partial charge is 0.494 e. The minimum atomic E-state index is -0.572. The summed E-state index contributed by atoms with van der Waals surface area (Å²) in [5, 5.41) is 4.19. The van der Waals surface area contributed by atoms with Crippen LogP contribution < -0.4 is 10.1 Å². The number of halogens is 2. The van der Waals surface area contributed by atoms with E-state index in [4.69, 9.17) is 27.9 Å². The van der Waals surface area contributed by atoms with Crippen LogP contribution in [-0.4, -0.2) is 35.9 Å². The smallest absolute Gasteiger partial charge is 0.242 e. The molecule has 2 aromatic rings. The van der Waals surface area contributed by atoms with E-state index < -0.39 is 6.04 Å². The van der Waals surface area contributed by atoms with Gasteiger partial charge in [-0.15, -0.1) is 0 Å². The fourth-order valence-electron chi connectivity index (χ4n) is 2.99. The molecule has 0 aliphatic rings. The third-order valence-electron chi connectivity index (χ3n) is 4.88. The molecule has 2 aromatic carbocycles. The summed E-state index contributed by atoms with van der Waals surface area (Å²) in [7, 11) is 0. The monoisotopic (exact) mass is 464 g/mol. The van der Waals surface area contributed by atoms with E-state index in [0.717, 1.165) is 18.4 Å². The summed E-state index contributed by atoms with van der Waals surface area (Å²) in [5.41, 5.74) is 0.920. The number of hydrogen-bond donors (Lipinski definition) is 1. The van der Waals surface area contributed by atoms with Crippen molar-refractivity contribution in [1.29, 1.82) is 0 Å². The van der Waals surface area contributed by atoms with Gasteiger partial charge in [0.05, 0.1) is 6.61 Å². The zero-order chi connectivity index (χ0) is 22.6. The molecule has 0 heterocycles. The maximum absolute atomic E-state index is 13.0. The number of carbonyl (C=O) groups is 2. The SMILES string of the molecule is CCCCNC(=O)[C@H](C)N(Cc1ccc(Cl)cc1)C(=O)CCCOc1ccc(Cl)cc1. The molecule has 0 spiro atoms. The van der Waals surface area contributed by atoms with Gasteiger partial charge in [-0.05, 0) is 61.7 Å². The van der Waals surface area contributed by atoms with Gasteiger partial charge in [0.15, 0.2) is 0 Å². The fourth-order valence-corrected chi connectivity index (χ4v) is 3.25. The minimum Gasteiger partial charge on any atom is -0.494 e. The standard InChI is InChI=1S/C24H30Cl2N2O3/c1-3-4-15-27-24(30)18(2)28(17-19-7-9-20(25)10-8-19)23(29)6-5-16-31-22-13-11-21(26)12-14-22/h7-14,18H,3-6,15-17H2,1-2H3,(H,27,30)/t18-/m0/s1. The second kappa shape index (κ2) is 13.2. The predicted molar refractivity (Wildman–Crippen MR) is 126 cm³/mol. The summed E-state index contributed by atoms with van der Waals surface area (Å²) < 4.78 is 5.67. The van der Waals surface area contributed by atoms with Crippen molar-refractivity contribution in [2.75, 3.05) is 13.2 Å². The van der Waals surface area contributed by atoms with Gasteiger partial charge in [-0.1, -0.05) is 48.7 Å². The fraction of sp³-hybridized carbons (Fsp3) is 0.417. The number of nitrogens with zero attached hydrogens (tertiary/aromatic N) is 1. The van der Waals surface area contributed by atoms with Crippen molar-refractivity contribution in [3.05, 3.63) is 64.1 Å². The van der Waals surface area contributed by atoms with E-state index in [9.17, 15) is 9.59 Å². The van der Waals surface area contributed by atoms with Crippen LogP contribution in [0.1, 0.15) is 45.1 Å². The number of rotatable bonds is 12. The van der Waals surface area contributed by atoms with Crippen LogP contribution in [0.3, 0.4) is 0 Å². The molecule has 0 aliphatic carbocycles. The molecule has 168 valence electrons. The van der Waals surface area contributed by atoms with Gasteiger partial charge >= 0.3 is 0 Å². The van der Waals surface area contributed by atoms with Gasteiger partial charge in [-0.2, -0.15) is 0 Å². The summed E-state index contributed by atoms with van der Waals surface area (Å²) in [6.45, 7) is 5.19. The van der Waals surface area contributed by atoms with Crippen LogP contribution in [0, 0.1) is 0 Å². The number of carbonyl (C=O) groups excluding carboxylic acids is 2. The molecule has 0 bridgehead atoms. The Morgan fingerprint density at radius 2 is 1.61 bits per heavy atom. The van der Waals surface area contributed by atoms with E-state index in [1.807, 2.05) is 12.1 Å². The average Bonchev–Trinajstić information content (AvgIpc) is 2.77. The van der Waals surface area contributed by atoms with E-state index >= 15 is 0 Å². The molecule has 0 aliphatic heterocycles. The molecule has 0 fully saturated rings. The quantitative estimate of drug-likeness (QED) is 0.422. The number of benzene rings is 2. The molecule has 1 atom stereocenters. The molecule has 2 amide bonds. The Morgan fingerprint density at radius 1 is 1.00 bits per heavy atom. The molecule has 31 heavy (non-hydrogen) atoms. The zero-order valence-corrected chi connectivity index (χ0v) is 19.6. The molecule has 0 saturated heterocycles. The van der Waals surface area contributed by atoms with Crippen LogP contribution in [-0.2, 0) is 16.1 Å². The maximum Gasteiger partial charge on any atom is 0.242 e. The first-order chi connectivity index (χ1) is 14.9. The Bertz CT molecular complexity index is 826. The molecule has 1 N–H and O–H groups in total. The third-order valence-corrected chi connectivity index (χ3v) is 5.38. The Morgan fingerprint density at radius 3 is 2.23 bits per heavy atom. The van der Waals surface area contributed by atoms with E-state index in [1.54, 1.807) is 48.2 Å². The van der Waals surface area contributed by atoms with Crippen molar-refractivity contribution < 1.29 is 14.3 Å². The van der Waals surface area contributed by atoms with Crippen molar-refractivity contribution in [2.45, 2.75) is 52.1 Å². The van der Waals surface area contributed by atoms with Crippen LogP contribution >= 0.6 is 23.2 Å². The van der Waals surface area contributed by atoms with Crippen LogP contribution in [0.4, 0.5) is 0 Å². The highest BCUT2D eigenvalue weighted by molar-refractivity contribution is 6.30. The molecule has 0 aromatic heterocycles. The first-order valence-corrected chi connectivity index (χ1v) is 11.4. The van der Waals surface area contributed by atoms with Crippen molar-refractivity contribution in [3.8, 4) is 5.75 Å². The van der Waals surface area contributed by atoms with Crippen molar-refractivity contribution >= 4 is 35.0 Å². The van der Waals surface area contributed by atoms with Crippen molar-refractivity contribution in [2.24, 2.45) is 0 Å². The first-order valence-electron chi connectivity index (χ1n) is 10.6. The van der Waals surface area contributed by atoms with Crippen LogP contribution in [0.2, 0.25) is 10.0 Å². The summed E-state index contributed by atoms with van der Waals surface area (Å²) >= 11 is 11.8. The number of nitrogens with one attached hydrogen (secondary N) is 1. The van der Waals surface area contributed by atoms with Crippen LogP contribution in [0.15, 0.2) is 48.5 Å². The number of hydrogen-bond acceptors (Lipinski definition) is 3. The molecular weight excluding hydrogens is 435 g/mol. The van der Waals surface area contributed by atoms with Gasteiger partial charge in [-0.25, -0.2) is 0 Å². The summed E-state index contributed by atoms with van der Waals surface area (Å²) in [4.78, 5) is 27.2. The zero-order valence-electron chi connectivity index (χ0n) is 18.1. The van der Waals surface area contributed by atoms with Gasteiger partial charge < -0.3 is 15.0 Å². The highest BCUT2D eigenvalue weighted by atomic mass is 35.5. The average molecular weight is 465 g/mol. The molecular formula is C24H30Cl2N2O3. The normalized spacial score (nSPS) is 11.6. The number of unbranched alkanes of at least 4 members (excludes halogenated alkanes) is 1. The van der Waals surface area contributed by atoms with E-state index in [2.05, 4.69) is 12.2 Å². The van der Waals surface area contributed by atoms with Gasteiger partial charge in [0.2, 0.25) is 11.8 Å². The Kier molecular flexibility index (Phi) is 10.7. The molecule has 5 nitrogen and oxygen atoms in total. The van der Waals surface area contributed by atoms with Gasteiger partial charge in [0, 0.05) is 29.6 Å². The second-order valence-electron chi connectivity index (χ2n) is 7.37. The summed E-state index contributed by atoms with van der Waals surface area (Å²) in [6, 6.07) is 13.8. The lowest BCUT2D eigenvalue weighted by Gasteiger charge is -2.29. The second-order valence-corrected chi connectivity index (χ2v) is 8.25. The van der Waals surface area contributed by atoms with Crippen LogP contribution in [0.5, 0.6) is 5.75 Å². The topological polar surface area (TPSA) is 58.6 Å². The molecule has 0 unspecified atom stereocenters. The van der Waals surface area contributed by atoms with Crippen LogP contribution in [0.25, 0.3) is 0 Å². The highest BCUT2D eigenvalue weighted by Crippen LogP contribution is 2.17. The lowest BCUT2D eigenvalue weighted by molar-refractivity contribution is -0.140. The Hall–Kier alpha value is -2.24. The van der Waals surface area contributed by atoms with Gasteiger partial charge in [0.1, 0.15) is 11.8 Å². The predicted octanol–water partition coefficient (Wildman–Crippen LogP) is 5.49. The Balaban J connectivity index is 1.96. The molecule has 2 rings (SSSR count). The first kappa shape index (κ1) is 25.0. The van der Waals surface area contributed by atoms with E-state index in [0.29, 0.717) is 41.9 Å².